The second-order valence-electron chi connectivity index (χ2n) is 5.08. The zero-order valence-corrected chi connectivity index (χ0v) is 14.2. The van der Waals surface area contributed by atoms with Gasteiger partial charge < -0.3 is 9.84 Å². The van der Waals surface area contributed by atoms with E-state index in [1.165, 1.54) is 17.5 Å². The van der Waals surface area contributed by atoms with Gasteiger partial charge in [0.05, 0.1) is 17.4 Å². The van der Waals surface area contributed by atoms with Gasteiger partial charge in [-0.05, 0) is 29.8 Å². The molecule has 1 saturated heterocycles. The van der Waals surface area contributed by atoms with E-state index in [4.69, 9.17) is 4.74 Å². The quantitative estimate of drug-likeness (QED) is 0.917. The Morgan fingerprint density at radius 1 is 1.22 bits per heavy atom. The van der Waals surface area contributed by atoms with Crippen LogP contribution in [0.3, 0.4) is 0 Å². The maximum absolute atomic E-state index is 12.9. The van der Waals surface area contributed by atoms with E-state index >= 15 is 0 Å². The van der Waals surface area contributed by atoms with Gasteiger partial charge in [-0.2, -0.15) is 4.31 Å². The Balaban J connectivity index is 1.98. The highest BCUT2D eigenvalue weighted by molar-refractivity contribution is 8.01. The van der Waals surface area contributed by atoms with Gasteiger partial charge in [0.25, 0.3) is 0 Å². The number of thioether (sulfide) groups is 1. The molecule has 5 nitrogen and oxygen atoms in total. The molecular formula is C16H17NO4S2. The minimum Gasteiger partial charge on any atom is -0.504 e. The van der Waals surface area contributed by atoms with Crippen molar-refractivity contribution < 1.29 is 18.3 Å². The number of methoxy groups -OCH3 is 1. The first-order valence-corrected chi connectivity index (χ1v) is 9.58. The summed E-state index contributed by atoms with van der Waals surface area (Å²) in [6.45, 7) is 0.454. The van der Waals surface area contributed by atoms with Crippen molar-refractivity contribution in [2.45, 2.75) is 10.3 Å². The third kappa shape index (κ3) is 3.04. The monoisotopic (exact) mass is 351 g/mol. The topological polar surface area (TPSA) is 66.8 Å². The largest absolute Gasteiger partial charge is 0.504 e. The summed E-state index contributed by atoms with van der Waals surface area (Å²) in [6, 6.07) is 13.4. The van der Waals surface area contributed by atoms with E-state index in [-0.39, 0.29) is 11.1 Å². The van der Waals surface area contributed by atoms with E-state index in [2.05, 4.69) is 0 Å². The molecule has 0 bridgehead atoms. The zero-order chi connectivity index (χ0) is 16.4. The first-order chi connectivity index (χ1) is 11.0. The number of benzene rings is 2. The molecule has 1 atom stereocenters. The summed E-state index contributed by atoms with van der Waals surface area (Å²) in [7, 11) is -2.09. The fourth-order valence-corrected chi connectivity index (χ4v) is 5.79. The number of aromatic hydroxyl groups is 1. The van der Waals surface area contributed by atoms with Crippen molar-refractivity contribution in [3.8, 4) is 11.5 Å². The first kappa shape index (κ1) is 16.2. The molecule has 1 unspecified atom stereocenters. The van der Waals surface area contributed by atoms with E-state index in [9.17, 15) is 13.5 Å². The summed E-state index contributed by atoms with van der Waals surface area (Å²) in [5.41, 5.74) is 0.793. The lowest BCUT2D eigenvalue weighted by molar-refractivity contribution is 0.371. The number of rotatable bonds is 4. The van der Waals surface area contributed by atoms with Crippen LogP contribution in [-0.4, -0.2) is 37.2 Å². The number of phenolic OH excluding ortho intramolecular Hbond substituents is 1. The van der Waals surface area contributed by atoms with Gasteiger partial charge in [-0.3, -0.25) is 0 Å². The molecule has 122 valence electrons. The predicted octanol–water partition coefficient (Wildman–Crippen LogP) is 2.84. The fourth-order valence-electron chi connectivity index (χ4n) is 2.54. The molecule has 1 aliphatic rings. The summed E-state index contributed by atoms with van der Waals surface area (Å²) in [5.74, 6) is 1.10. The summed E-state index contributed by atoms with van der Waals surface area (Å²) >= 11 is 1.56. The Hall–Kier alpha value is -1.70. The van der Waals surface area contributed by atoms with Gasteiger partial charge in [0.15, 0.2) is 11.5 Å². The lowest BCUT2D eigenvalue weighted by atomic mass is 10.2. The van der Waals surface area contributed by atoms with Gasteiger partial charge in [0, 0.05) is 12.3 Å². The van der Waals surface area contributed by atoms with Crippen LogP contribution in [-0.2, 0) is 10.0 Å². The molecule has 1 aliphatic heterocycles. The van der Waals surface area contributed by atoms with Crippen LogP contribution in [0.5, 0.6) is 11.5 Å². The average molecular weight is 351 g/mol. The lowest BCUT2D eigenvalue weighted by Gasteiger charge is -2.24. The molecule has 2 aromatic carbocycles. The van der Waals surface area contributed by atoms with E-state index in [0.29, 0.717) is 17.2 Å². The molecule has 1 fully saturated rings. The first-order valence-electron chi connectivity index (χ1n) is 7.09. The zero-order valence-electron chi connectivity index (χ0n) is 12.5. The van der Waals surface area contributed by atoms with Crippen LogP contribution in [0, 0.1) is 0 Å². The molecule has 0 spiro atoms. The molecular weight excluding hydrogens is 334 g/mol. The molecule has 0 aromatic heterocycles. The van der Waals surface area contributed by atoms with Gasteiger partial charge in [0.1, 0.15) is 0 Å². The number of sulfonamides is 1. The Labute approximate surface area is 139 Å². The summed E-state index contributed by atoms with van der Waals surface area (Å²) < 4.78 is 32.4. The molecule has 1 N–H and O–H groups in total. The Kier molecular flexibility index (Phi) is 4.52. The van der Waals surface area contributed by atoms with Gasteiger partial charge in [0.2, 0.25) is 10.0 Å². The Bertz CT molecular complexity index is 793. The second kappa shape index (κ2) is 6.43. The Morgan fingerprint density at radius 2 is 1.96 bits per heavy atom. The van der Waals surface area contributed by atoms with Crippen molar-refractivity contribution in [1.82, 2.24) is 4.31 Å². The van der Waals surface area contributed by atoms with Crippen LogP contribution in [0.25, 0.3) is 0 Å². The smallest absolute Gasteiger partial charge is 0.244 e. The number of hydrogen-bond donors (Lipinski definition) is 1. The molecule has 0 radical (unpaired) electrons. The highest BCUT2D eigenvalue weighted by Crippen LogP contribution is 2.43. The van der Waals surface area contributed by atoms with Crippen molar-refractivity contribution in [3.63, 3.8) is 0 Å². The number of hydrogen-bond acceptors (Lipinski definition) is 5. The molecule has 1 heterocycles. The highest BCUT2D eigenvalue weighted by Gasteiger charge is 2.37. The number of nitrogens with zero attached hydrogens (tertiary/aromatic N) is 1. The molecule has 7 heteroatoms. The van der Waals surface area contributed by atoms with E-state index in [1.54, 1.807) is 54.2 Å². The molecule has 0 saturated carbocycles. The SMILES string of the molecule is COc1cc(C2SCCN2S(=O)(=O)c2ccccc2)ccc1O. The highest BCUT2D eigenvalue weighted by atomic mass is 32.2. The van der Waals surface area contributed by atoms with Crippen LogP contribution in [0.15, 0.2) is 53.4 Å². The molecule has 2 aromatic rings. The molecule has 23 heavy (non-hydrogen) atoms. The fraction of sp³-hybridized carbons (Fsp3) is 0.250. The van der Waals surface area contributed by atoms with Crippen molar-refractivity contribution >= 4 is 21.8 Å². The summed E-state index contributed by atoms with van der Waals surface area (Å²) in [4.78, 5) is 0.290. The van der Waals surface area contributed by atoms with Gasteiger partial charge in [-0.15, -0.1) is 11.8 Å². The van der Waals surface area contributed by atoms with Crippen LogP contribution < -0.4 is 4.74 Å². The van der Waals surface area contributed by atoms with Crippen LogP contribution >= 0.6 is 11.8 Å². The van der Waals surface area contributed by atoms with E-state index < -0.39 is 10.0 Å². The summed E-state index contributed by atoms with van der Waals surface area (Å²) in [6.07, 6.45) is 0. The average Bonchev–Trinajstić information content (AvgIpc) is 3.06. The standard InChI is InChI=1S/C16H17NO4S2/c1-21-15-11-12(7-8-14(15)18)16-17(9-10-22-16)23(19,20)13-5-3-2-4-6-13/h2-8,11,16,18H,9-10H2,1H3. The molecule has 0 amide bonds. The van der Waals surface area contributed by atoms with Gasteiger partial charge in [-0.25, -0.2) is 8.42 Å². The van der Waals surface area contributed by atoms with Gasteiger partial charge in [-0.1, -0.05) is 24.3 Å². The lowest BCUT2D eigenvalue weighted by Crippen LogP contribution is -2.30. The van der Waals surface area contributed by atoms with Crippen molar-refractivity contribution in [1.29, 1.82) is 0 Å². The number of ether oxygens (including phenoxy) is 1. The van der Waals surface area contributed by atoms with Crippen molar-refractivity contribution in [3.05, 3.63) is 54.1 Å². The second-order valence-corrected chi connectivity index (χ2v) is 8.16. The van der Waals surface area contributed by atoms with Crippen molar-refractivity contribution in [2.75, 3.05) is 19.4 Å². The van der Waals surface area contributed by atoms with Crippen LogP contribution in [0.2, 0.25) is 0 Å². The van der Waals surface area contributed by atoms with Crippen molar-refractivity contribution in [2.24, 2.45) is 0 Å². The van der Waals surface area contributed by atoms with Gasteiger partial charge >= 0.3 is 0 Å². The van der Waals surface area contributed by atoms with E-state index in [1.807, 2.05) is 0 Å². The summed E-state index contributed by atoms with van der Waals surface area (Å²) in [5, 5.41) is 9.39. The predicted molar refractivity (Wildman–Crippen MR) is 90.2 cm³/mol. The minimum atomic E-state index is -3.56. The molecule has 0 aliphatic carbocycles. The van der Waals surface area contributed by atoms with Crippen LogP contribution in [0.4, 0.5) is 0 Å². The van der Waals surface area contributed by atoms with E-state index in [0.717, 1.165) is 11.3 Å². The normalized spacial score (nSPS) is 18.9. The molecule has 3 rings (SSSR count). The minimum absolute atomic E-state index is 0.0386. The Morgan fingerprint density at radius 3 is 2.65 bits per heavy atom. The third-order valence-corrected chi connectivity index (χ3v) is 6.96. The maximum Gasteiger partial charge on any atom is 0.244 e. The van der Waals surface area contributed by atoms with Crippen LogP contribution in [0.1, 0.15) is 10.9 Å². The third-order valence-electron chi connectivity index (χ3n) is 3.69. The maximum atomic E-state index is 12.9. The number of phenols is 1.